The molecule has 0 radical (unpaired) electrons. The average Bonchev–Trinajstić information content (AvgIpc) is 2.52. The van der Waals surface area contributed by atoms with Gasteiger partial charge in [-0.15, -0.1) is 0 Å². The fraction of sp³-hybridized carbons (Fsp3) is 0.529. The first-order chi connectivity index (χ1) is 11.2. The van der Waals surface area contributed by atoms with Crippen LogP contribution in [0, 0.1) is 5.41 Å². The number of carboxylic acids is 2. The predicted octanol–water partition coefficient (Wildman–Crippen LogP) is 3.36. The van der Waals surface area contributed by atoms with Crippen LogP contribution in [0.2, 0.25) is 0 Å². The lowest BCUT2D eigenvalue weighted by Gasteiger charge is -2.31. The molecule has 0 aromatic heterocycles. The van der Waals surface area contributed by atoms with Crippen LogP contribution in [0.15, 0.2) is 30.3 Å². The standard InChI is InChI=1S/C17H25O6P/c1-12(13-8-4-3-5-9-13)7-6-10-17(2,16(20)21)14(24(22)23)11-15(18)19/h3-5,8-9,12,14,24H,6-7,10-11H2,1-2H3,(H,18,19)(H,20,21)(H,22,23). The molecule has 1 aromatic carbocycles. The molecule has 4 unspecified atom stereocenters. The van der Waals surface area contributed by atoms with Gasteiger partial charge in [-0.2, -0.15) is 0 Å². The molecule has 0 aliphatic rings. The number of hydrogen-bond acceptors (Lipinski definition) is 3. The minimum atomic E-state index is -3.28. The maximum absolute atomic E-state index is 11.7. The molecule has 6 nitrogen and oxygen atoms in total. The molecule has 3 N–H and O–H groups in total. The monoisotopic (exact) mass is 356 g/mol. The molecule has 7 heteroatoms. The summed E-state index contributed by atoms with van der Waals surface area (Å²) in [6, 6.07) is 9.80. The van der Waals surface area contributed by atoms with E-state index in [1.807, 2.05) is 37.3 Å². The number of carboxylic acid groups (broad SMARTS) is 2. The molecule has 0 aliphatic carbocycles. The van der Waals surface area contributed by atoms with E-state index in [2.05, 4.69) is 0 Å². The second kappa shape index (κ2) is 9.00. The van der Waals surface area contributed by atoms with E-state index in [0.29, 0.717) is 6.42 Å². The van der Waals surface area contributed by atoms with Crippen LogP contribution in [-0.2, 0) is 14.2 Å². The number of carbonyl (C=O) groups is 2. The van der Waals surface area contributed by atoms with Crippen molar-refractivity contribution in [2.24, 2.45) is 5.41 Å². The molecule has 4 atom stereocenters. The van der Waals surface area contributed by atoms with E-state index < -0.39 is 37.5 Å². The van der Waals surface area contributed by atoms with E-state index in [-0.39, 0.29) is 12.3 Å². The predicted molar refractivity (Wildman–Crippen MR) is 91.7 cm³/mol. The van der Waals surface area contributed by atoms with Crippen molar-refractivity contribution in [3.05, 3.63) is 35.9 Å². The van der Waals surface area contributed by atoms with Gasteiger partial charge >= 0.3 is 11.9 Å². The topological polar surface area (TPSA) is 112 Å². The fourth-order valence-corrected chi connectivity index (χ4v) is 4.08. The Morgan fingerprint density at radius 3 is 2.25 bits per heavy atom. The minimum absolute atomic E-state index is 0.161. The number of benzene rings is 1. The zero-order valence-electron chi connectivity index (χ0n) is 13.9. The number of aliphatic carboxylic acids is 2. The maximum Gasteiger partial charge on any atom is 0.310 e. The van der Waals surface area contributed by atoms with E-state index in [1.165, 1.54) is 6.92 Å². The van der Waals surface area contributed by atoms with Crippen LogP contribution in [-0.4, -0.2) is 32.7 Å². The summed E-state index contributed by atoms with van der Waals surface area (Å²) in [4.78, 5) is 32.0. The Kier molecular flexibility index (Phi) is 7.64. The van der Waals surface area contributed by atoms with Crippen molar-refractivity contribution < 1.29 is 29.3 Å². The van der Waals surface area contributed by atoms with Crippen LogP contribution in [0.4, 0.5) is 0 Å². The molecule has 0 fully saturated rings. The summed E-state index contributed by atoms with van der Waals surface area (Å²) in [5, 5.41) is 18.4. The molecule has 0 amide bonds. The van der Waals surface area contributed by atoms with Crippen LogP contribution in [0.3, 0.4) is 0 Å². The van der Waals surface area contributed by atoms with Crippen LogP contribution >= 0.6 is 8.03 Å². The highest BCUT2D eigenvalue weighted by Crippen LogP contribution is 2.44. The summed E-state index contributed by atoms with van der Waals surface area (Å²) in [5.74, 6) is -2.26. The lowest BCUT2D eigenvalue weighted by Crippen LogP contribution is -2.39. The molecule has 0 saturated carbocycles. The van der Waals surface area contributed by atoms with Crippen molar-refractivity contribution in [1.29, 1.82) is 0 Å². The van der Waals surface area contributed by atoms with Gasteiger partial charge in [-0.05, 0) is 31.2 Å². The van der Waals surface area contributed by atoms with Crippen molar-refractivity contribution in [2.45, 2.75) is 51.1 Å². The van der Waals surface area contributed by atoms with Gasteiger partial charge in [0.15, 0.2) is 8.03 Å². The first-order valence-corrected chi connectivity index (χ1v) is 9.34. The molecule has 24 heavy (non-hydrogen) atoms. The lowest BCUT2D eigenvalue weighted by atomic mass is 9.79. The van der Waals surface area contributed by atoms with E-state index in [4.69, 9.17) is 5.11 Å². The first kappa shape index (κ1) is 20.4. The summed E-state index contributed by atoms with van der Waals surface area (Å²) in [7, 11) is -3.28. The molecule has 1 rings (SSSR count). The molecule has 0 aliphatic heterocycles. The second-order valence-electron chi connectivity index (χ2n) is 6.42. The normalized spacial score (nSPS) is 17.5. The third-order valence-corrected chi connectivity index (χ3v) is 6.07. The molecular weight excluding hydrogens is 331 g/mol. The van der Waals surface area contributed by atoms with Crippen molar-refractivity contribution >= 4 is 20.0 Å². The Morgan fingerprint density at radius 1 is 1.21 bits per heavy atom. The SMILES string of the molecule is CC(CCCC(C)(C(=O)O)C(CC(=O)O)[PH](=O)O)c1ccccc1. The van der Waals surface area contributed by atoms with Gasteiger partial charge in [0.25, 0.3) is 0 Å². The van der Waals surface area contributed by atoms with E-state index in [1.54, 1.807) is 0 Å². The number of hydrogen-bond donors (Lipinski definition) is 3. The van der Waals surface area contributed by atoms with Crippen molar-refractivity contribution in [3.8, 4) is 0 Å². The second-order valence-corrected chi connectivity index (χ2v) is 7.79. The average molecular weight is 356 g/mol. The summed E-state index contributed by atoms with van der Waals surface area (Å²) in [6.07, 6.45) is 0.795. The Balaban J connectivity index is 2.79. The van der Waals surface area contributed by atoms with Crippen LogP contribution in [0.25, 0.3) is 0 Å². The highest BCUT2D eigenvalue weighted by atomic mass is 31.1. The van der Waals surface area contributed by atoms with Gasteiger partial charge in [0.05, 0.1) is 17.5 Å². The maximum atomic E-state index is 11.7. The van der Waals surface area contributed by atoms with E-state index in [9.17, 15) is 24.2 Å². The quantitative estimate of drug-likeness (QED) is 0.554. The fourth-order valence-electron chi connectivity index (χ4n) is 2.91. The van der Waals surface area contributed by atoms with Gasteiger partial charge in [-0.3, -0.25) is 14.2 Å². The van der Waals surface area contributed by atoms with E-state index >= 15 is 0 Å². The molecule has 134 valence electrons. The van der Waals surface area contributed by atoms with Crippen LogP contribution < -0.4 is 0 Å². The Bertz CT molecular complexity index is 588. The third-order valence-electron chi connectivity index (χ3n) is 4.64. The summed E-state index contributed by atoms with van der Waals surface area (Å²) in [5.41, 5.74) is -1.66. The third kappa shape index (κ3) is 5.46. The van der Waals surface area contributed by atoms with Crippen molar-refractivity contribution in [3.63, 3.8) is 0 Å². The number of rotatable bonds is 10. The van der Waals surface area contributed by atoms with E-state index in [0.717, 1.165) is 12.0 Å². The highest BCUT2D eigenvalue weighted by molar-refractivity contribution is 7.39. The lowest BCUT2D eigenvalue weighted by molar-refractivity contribution is -0.149. The molecule has 0 bridgehead atoms. The summed E-state index contributed by atoms with van der Waals surface area (Å²) < 4.78 is 11.6. The van der Waals surface area contributed by atoms with Gasteiger partial charge in [0.2, 0.25) is 0 Å². The Hall–Kier alpha value is -1.65. The summed E-state index contributed by atoms with van der Waals surface area (Å²) >= 11 is 0. The van der Waals surface area contributed by atoms with Gasteiger partial charge in [0, 0.05) is 0 Å². The summed E-state index contributed by atoms with van der Waals surface area (Å²) in [6.45, 7) is 3.41. The largest absolute Gasteiger partial charge is 0.481 e. The molecule has 1 aromatic rings. The van der Waals surface area contributed by atoms with Gasteiger partial charge in [-0.25, -0.2) is 0 Å². The molecular formula is C17H25O6P. The zero-order chi connectivity index (χ0) is 18.3. The molecule has 0 heterocycles. The van der Waals surface area contributed by atoms with Gasteiger partial charge < -0.3 is 15.1 Å². The smallest absolute Gasteiger partial charge is 0.310 e. The highest BCUT2D eigenvalue weighted by Gasteiger charge is 2.44. The Labute approximate surface area is 142 Å². The van der Waals surface area contributed by atoms with Crippen molar-refractivity contribution in [1.82, 2.24) is 0 Å². The first-order valence-electron chi connectivity index (χ1n) is 7.91. The van der Waals surface area contributed by atoms with Gasteiger partial charge in [0.1, 0.15) is 0 Å². The Morgan fingerprint density at radius 2 is 1.79 bits per heavy atom. The van der Waals surface area contributed by atoms with Crippen molar-refractivity contribution in [2.75, 3.05) is 0 Å². The molecule has 0 spiro atoms. The zero-order valence-corrected chi connectivity index (χ0v) is 14.9. The van der Waals surface area contributed by atoms with Crippen LogP contribution in [0.1, 0.15) is 51.0 Å². The van der Waals surface area contributed by atoms with Crippen LogP contribution in [0.5, 0.6) is 0 Å². The molecule has 0 saturated heterocycles. The minimum Gasteiger partial charge on any atom is -0.481 e. The van der Waals surface area contributed by atoms with Gasteiger partial charge in [-0.1, -0.05) is 43.7 Å².